The fourth-order valence-corrected chi connectivity index (χ4v) is 4.24. The first-order valence-electron chi connectivity index (χ1n) is 10.4. The third-order valence-electron chi connectivity index (χ3n) is 5.92. The third kappa shape index (κ3) is 4.11. The van der Waals surface area contributed by atoms with E-state index in [0.29, 0.717) is 0 Å². The Kier molecular flexibility index (Phi) is 5.89. The number of hydrogen-bond donors (Lipinski definition) is 1. The van der Waals surface area contributed by atoms with Crippen LogP contribution in [-0.4, -0.2) is 10.9 Å². The number of nitrogens with one attached hydrogen (secondary N) is 1. The monoisotopic (exact) mass is 394 g/mol. The molecule has 150 valence electrons. The van der Waals surface area contributed by atoms with Gasteiger partial charge in [0.05, 0.1) is 17.1 Å². The molecule has 0 bridgehead atoms. The highest BCUT2D eigenvalue weighted by molar-refractivity contribution is 6.01. The van der Waals surface area contributed by atoms with Gasteiger partial charge in [-0.1, -0.05) is 92.7 Å². The van der Waals surface area contributed by atoms with E-state index < -0.39 is 0 Å². The lowest BCUT2D eigenvalue weighted by molar-refractivity contribution is -0.121. The van der Waals surface area contributed by atoms with Crippen LogP contribution >= 0.6 is 0 Å². The van der Waals surface area contributed by atoms with E-state index in [1.807, 2.05) is 66.7 Å². The van der Waals surface area contributed by atoms with E-state index in [0.717, 1.165) is 27.7 Å². The molecule has 3 atom stereocenters. The van der Waals surface area contributed by atoms with Crippen molar-refractivity contribution in [1.29, 1.82) is 0 Å². The van der Waals surface area contributed by atoms with Crippen molar-refractivity contribution in [1.82, 2.24) is 4.98 Å². The second-order valence-corrected chi connectivity index (χ2v) is 7.79. The first kappa shape index (κ1) is 19.8. The molecule has 0 saturated heterocycles. The largest absolute Gasteiger partial charge is 0.324 e. The molecular weight excluding hydrogens is 368 g/mol. The zero-order valence-electron chi connectivity index (χ0n) is 17.3. The van der Waals surface area contributed by atoms with E-state index in [4.69, 9.17) is 0 Å². The van der Waals surface area contributed by atoms with E-state index in [1.165, 1.54) is 0 Å². The predicted molar refractivity (Wildman–Crippen MR) is 124 cm³/mol. The van der Waals surface area contributed by atoms with Crippen molar-refractivity contribution in [3.05, 3.63) is 108 Å². The van der Waals surface area contributed by atoms with Gasteiger partial charge in [0.1, 0.15) is 0 Å². The second kappa shape index (κ2) is 8.91. The summed E-state index contributed by atoms with van der Waals surface area (Å²) >= 11 is 0. The summed E-state index contributed by atoms with van der Waals surface area (Å²) in [6, 6.07) is 30.3. The number of carbonyl (C=O) groups is 1. The summed E-state index contributed by atoms with van der Waals surface area (Å²) in [6.45, 7) is 4.28. The van der Waals surface area contributed by atoms with Crippen molar-refractivity contribution in [2.45, 2.75) is 25.7 Å². The Morgan fingerprint density at radius 2 is 1.30 bits per heavy atom. The van der Waals surface area contributed by atoms with E-state index in [2.05, 4.69) is 48.4 Å². The van der Waals surface area contributed by atoms with Gasteiger partial charge in [-0.05, 0) is 35.1 Å². The maximum Gasteiger partial charge on any atom is 0.228 e. The number of carbonyl (C=O) groups excluding carboxylic acids is 1. The molecule has 3 heteroatoms. The summed E-state index contributed by atoms with van der Waals surface area (Å²) in [7, 11) is 0. The van der Waals surface area contributed by atoms with Crippen molar-refractivity contribution in [3.8, 4) is 0 Å². The molecule has 0 aliphatic heterocycles. The molecule has 0 aliphatic rings. The number of anilines is 1. The number of nitrogens with zero attached hydrogens (tertiary/aromatic N) is 1. The average molecular weight is 395 g/mol. The van der Waals surface area contributed by atoms with Crippen LogP contribution in [0.25, 0.3) is 10.9 Å². The zero-order chi connectivity index (χ0) is 20.9. The molecule has 0 radical (unpaired) electrons. The summed E-state index contributed by atoms with van der Waals surface area (Å²) in [5.74, 6) is -0.0942. The molecule has 0 fully saturated rings. The molecular formula is C27H26N2O. The average Bonchev–Trinajstić information content (AvgIpc) is 2.80. The topological polar surface area (TPSA) is 42.0 Å². The van der Waals surface area contributed by atoms with Gasteiger partial charge in [0, 0.05) is 11.6 Å². The van der Waals surface area contributed by atoms with Crippen molar-refractivity contribution < 1.29 is 4.79 Å². The van der Waals surface area contributed by atoms with Crippen molar-refractivity contribution in [3.63, 3.8) is 0 Å². The quantitative estimate of drug-likeness (QED) is 0.411. The van der Waals surface area contributed by atoms with Crippen LogP contribution in [0.4, 0.5) is 5.69 Å². The van der Waals surface area contributed by atoms with Crippen LogP contribution in [0.15, 0.2) is 97.2 Å². The standard InChI is InChI=1S/C27H26N2O/c1-19(21-11-5-3-6-12-21)25(20(2)22-13-7-4-8-14-22)27(30)29-24-17-9-15-23-16-10-18-28-26(23)24/h3-20,25H,1-2H3,(H,29,30)/t19-,20+,25?. The van der Waals surface area contributed by atoms with Gasteiger partial charge in [-0.2, -0.15) is 0 Å². The number of rotatable bonds is 6. The van der Waals surface area contributed by atoms with Gasteiger partial charge in [-0.15, -0.1) is 0 Å². The summed E-state index contributed by atoms with van der Waals surface area (Å²) in [5, 5.41) is 4.20. The van der Waals surface area contributed by atoms with Crippen LogP contribution in [0.3, 0.4) is 0 Å². The van der Waals surface area contributed by atoms with Crippen molar-refractivity contribution in [2.75, 3.05) is 5.32 Å². The Morgan fingerprint density at radius 3 is 1.90 bits per heavy atom. The highest BCUT2D eigenvalue weighted by Gasteiger charge is 2.32. The van der Waals surface area contributed by atoms with E-state index >= 15 is 0 Å². The summed E-state index contributed by atoms with van der Waals surface area (Å²) in [6.07, 6.45) is 1.76. The van der Waals surface area contributed by atoms with Crippen LogP contribution in [0.1, 0.15) is 36.8 Å². The number of pyridine rings is 1. The number of para-hydroxylation sites is 1. The maximum absolute atomic E-state index is 13.6. The minimum absolute atomic E-state index is 0.0147. The molecule has 1 amide bonds. The van der Waals surface area contributed by atoms with Gasteiger partial charge in [0.15, 0.2) is 0 Å². The Morgan fingerprint density at radius 1 is 0.733 bits per heavy atom. The van der Waals surface area contributed by atoms with Crippen molar-refractivity contribution >= 4 is 22.5 Å². The van der Waals surface area contributed by atoms with E-state index in [1.54, 1.807) is 6.20 Å². The van der Waals surface area contributed by atoms with Crippen LogP contribution in [0.5, 0.6) is 0 Å². The minimum atomic E-state index is -0.228. The Labute approximate surface area is 177 Å². The molecule has 0 spiro atoms. The first-order valence-corrected chi connectivity index (χ1v) is 10.4. The maximum atomic E-state index is 13.6. The molecule has 0 aliphatic carbocycles. The highest BCUT2D eigenvalue weighted by atomic mass is 16.1. The molecule has 1 heterocycles. The van der Waals surface area contributed by atoms with E-state index in [9.17, 15) is 4.79 Å². The SMILES string of the molecule is C[C@H](c1ccccc1)C(C(=O)Nc1cccc2cccnc12)[C@@H](C)c1ccccc1. The molecule has 30 heavy (non-hydrogen) atoms. The summed E-state index contributed by atoms with van der Waals surface area (Å²) < 4.78 is 0. The van der Waals surface area contributed by atoms with Gasteiger partial charge in [0.25, 0.3) is 0 Å². The number of aromatic nitrogens is 1. The Hall–Kier alpha value is -3.46. The second-order valence-electron chi connectivity index (χ2n) is 7.79. The van der Waals surface area contributed by atoms with Crippen molar-refractivity contribution in [2.24, 2.45) is 5.92 Å². The van der Waals surface area contributed by atoms with Gasteiger partial charge in [-0.3, -0.25) is 9.78 Å². The fourth-order valence-electron chi connectivity index (χ4n) is 4.24. The molecule has 1 N–H and O–H groups in total. The smallest absolute Gasteiger partial charge is 0.228 e. The van der Waals surface area contributed by atoms with Crippen LogP contribution in [-0.2, 0) is 4.79 Å². The number of fused-ring (bicyclic) bond motifs is 1. The molecule has 0 saturated carbocycles. The fraction of sp³-hybridized carbons (Fsp3) is 0.185. The molecule has 4 aromatic rings. The molecule has 4 rings (SSSR count). The van der Waals surface area contributed by atoms with Gasteiger partial charge < -0.3 is 5.32 Å². The van der Waals surface area contributed by atoms with Crippen LogP contribution in [0, 0.1) is 5.92 Å². The molecule has 3 aromatic carbocycles. The van der Waals surface area contributed by atoms with Gasteiger partial charge in [0.2, 0.25) is 5.91 Å². The third-order valence-corrected chi connectivity index (χ3v) is 5.92. The molecule has 1 aromatic heterocycles. The summed E-state index contributed by atoms with van der Waals surface area (Å²) in [4.78, 5) is 18.1. The molecule has 3 nitrogen and oxygen atoms in total. The Bertz CT molecular complexity index is 1070. The van der Waals surface area contributed by atoms with E-state index in [-0.39, 0.29) is 23.7 Å². The zero-order valence-corrected chi connectivity index (χ0v) is 17.3. The van der Waals surface area contributed by atoms with Crippen LogP contribution in [0.2, 0.25) is 0 Å². The normalized spacial score (nSPS) is 14.1. The lowest BCUT2D eigenvalue weighted by Gasteiger charge is -2.29. The Balaban J connectivity index is 1.70. The van der Waals surface area contributed by atoms with Crippen LogP contribution < -0.4 is 5.32 Å². The van der Waals surface area contributed by atoms with Gasteiger partial charge in [-0.25, -0.2) is 0 Å². The lowest BCUT2D eigenvalue weighted by atomic mass is 9.76. The molecule has 1 unspecified atom stereocenters. The summed E-state index contributed by atoms with van der Waals surface area (Å²) in [5.41, 5.74) is 3.89. The predicted octanol–water partition coefficient (Wildman–Crippen LogP) is 6.40. The highest BCUT2D eigenvalue weighted by Crippen LogP contribution is 2.37. The van der Waals surface area contributed by atoms with Gasteiger partial charge >= 0.3 is 0 Å². The number of amides is 1. The minimum Gasteiger partial charge on any atom is -0.324 e. The number of benzene rings is 3. The number of hydrogen-bond acceptors (Lipinski definition) is 2. The first-order chi connectivity index (χ1) is 14.6. The lowest BCUT2D eigenvalue weighted by Crippen LogP contribution is -2.31.